The van der Waals surface area contributed by atoms with Gasteiger partial charge >= 0.3 is 0 Å². The molecule has 0 saturated carbocycles. The quantitative estimate of drug-likeness (QED) is 0.0173. The van der Waals surface area contributed by atoms with E-state index in [9.17, 15) is 62.3 Å². The molecule has 2 heterocycles. The first-order valence-corrected chi connectivity index (χ1v) is 33.6. The van der Waals surface area contributed by atoms with Crippen LogP contribution in [0.2, 0.25) is 0 Å². The number of aliphatic imine (C=N–C) groups is 1. The van der Waals surface area contributed by atoms with Crippen molar-refractivity contribution >= 4 is 94.5 Å². The molecule has 0 radical (unpaired) electrons. The number of hydrogen-bond acceptors (Lipinski definition) is 17. The molecular formula is C63H98N18O13S. The van der Waals surface area contributed by atoms with Gasteiger partial charge in [-0.05, 0) is 119 Å². The van der Waals surface area contributed by atoms with Crippen LogP contribution in [0.4, 0.5) is 0 Å². The van der Waals surface area contributed by atoms with Gasteiger partial charge in [0.15, 0.2) is 5.96 Å². The number of primary amides is 3. The van der Waals surface area contributed by atoms with Crippen molar-refractivity contribution in [1.82, 2.24) is 52.3 Å². The Hall–Kier alpha value is -8.91. The number of rotatable bonds is 42. The van der Waals surface area contributed by atoms with Crippen LogP contribution in [0.1, 0.15) is 121 Å². The highest BCUT2D eigenvalue weighted by Gasteiger charge is 2.42. The molecule has 2 aromatic carbocycles. The maximum absolute atomic E-state index is 14.7. The zero-order valence-electron chi connectivity index (χ0n) is 54.5. The largest absolute Gasteiger partial charge is 0.370 e. The first-order valence-electron chi connectivity index (χ1n) is 32.2. The maximum Gasteiger partial charge on any atom is 0.245 e. The van der Waals surface area contributed by atoms with Gasteiger partial charge in [0.05, 0.1) is 12.6 Å². The van der Waals surface area contributed by atoms with Gasteiger partial charge in [-0.25, -0.2) is 0 Å². The summed E-state index contributed by atoms with van der Waals surface area (Å²) in [7, 11) is 0. The van der Waals surface area contributed by atoms with E-state index in [4.69, 9.17) is 40.1 Å². The van der Waals surface area contributed by atoms with Gasteiger partial charge in [0, 0.05) is 45.3 Å². The number of nitrogens with two attached hydrogens (primary N) is 7. The summed E-state index contributed by atoms with van der Waals surface area (Å²) in [5.74, 6) is -9.80. The van der Waals surface area contributed by atoms with Gasteiger partial charge in [0.1, 0.15) is 54.4 Å². The van der Waals surface area contributed by atoms with Gasteiger partial charge in [0.2, 0.25) is 76.8 Å². The molecule has 2 fully saturated rings. The number of hydrogen-bond donors (Lipinski definition) is 15. The lowest BCUT2D eigenvalue weighted by atomic mass is 10.0. The number of likely N-dealkylation sites (tertiary alicyclic amines) is 2. The Morgan fingerprint density at radius 1 is 0.537 bits per heavy atom. The third-order valence-electron chi connectivity index (χ3n) is 16.0. The van der Waals surface area contributed by atoms with Gasteiger partial charge in [0.25, 0.3) is 0 Å². The first kappa shape index (κ1) is 78.5. The summed E-state index contributed by atoms with van der Waals surface area (Å²) in [6, 6.07) is 4.51. The number of amides is 13. The highest BCUT2D eigenvalue weighted by Crippen LogP contribution is 2.24. The van der Waals surface area contributed by atoms with Crippen LogP contribution in [0, 0.1) is 5.92 Å². The molecule has 0 unspecified atom stereocenters. The second kappa shape index (κ2) is 41.0. The summed E-state index contributed by atoms with van der Waals surface area (Å²) in [6.45, 7) is 3.86. The van der Waals surface area contributed by atoms with E-state index in [1.165, 1.54) is 21.6 Å². The Labute approximate surface area is 558 Å². The predicted octanol–water partition coefficient (Wildman–Crippen LogP) is -3.71. The molecule has 2 aromatic rings. The first-order chi connectivity index (χ1) is 45.2. The number of nitrogens with one attached hydrogen (secondary N) is 8. The average Bonchev–Trinajstić information content (AvgIpc) is 1.74. The standard InChI is InChI=1S/C63H98N18O13S/c1-37(2)33-45(57(89)74-41(53(68)85)27-32-95-3)73-52(84)36-72-54(86)46(34-38-15-6-4-7-16-38)78-58(90)47(35-39-17-8-5-9-18-39)79-56(88)42(23-25-50(66)82)75-55(87)43(24-26-51(67)83)76-59(91)49-22-14-31-81(49)62(94)44(20-10-11-28-64)77-60(92)48-21-13-30-80(48)61(93)40(65)19-12-29-71-63(69)70/h4-9,15-18,37,40-49H,10-14,19-36,64-65H2,1-3H3,(H2,66,82)(H2,67,83)(H2,68,85)(H,72,86)(H,73,84)(H,74,89)(H,75,87)(H,76,91)(H,77,92)(H,78,90)(H,79,88)(H4,69,70,71)/t40-,41+,42-,43-,44+,45+,46-,47-,48+,49-/m1/s1. The van der Waals surface area contributed by atoms with Gasteiger partial charge in [-0.15, -0.1) is 0 Å². The number of unbranched alkanes of at least 4 members (excludes halogenated alkanes) is 1. The van der Waals surface area contributed by atoms with Crippen molar-refractivity contribution in [2.24, 2.45) is 51.0 Å². The molecule has 10 atom stereocenters. The van der Waals surface area contributed by atoms with Crippen LogP contribution in [-0.4, -0.2) is 198 Å². The molecule has 4 rings (SSSR count). The molecule has 32 heteroatoms. The van der Waals surface area contributed by atoms with Crippen LogP contribution in [0.3, 0.4) is 0 Å². The summed E-state index contributed by atoms with van der Waals surface area (Å²) in [6.07, 6.45) is 3.12. The van der Waals surface area contributed by atoms with Crippen LogP contribution in [0.5, 0.6) is 0 Å². The Bertz CT molecular complexity index is 2960. The van der Waals surface area contributed by atoms with Crippen molar-refractivity contribution in [3.8, 4) is 0 Å². The van der Waals surface area contributed by atoms with Crippen LogP contribution >= 0.6 is 11.8 Å². The van der Waals surface area contributed by atoms with E-state index in [0.29, 0.717) is 55.4 Å². The summed E-state index contributed by atoms with van der Waals surface area (Å²) in [4.78, 5) is 185. The summed E-state index contributed by atoms with van der Waals surface area (Å²) < 4.78 is 0. The molecule has 2 aliphatic rings. The minimum Gasteiger partial charge on any atom is -0.370 e. The highest BCUT2D eigenvalue weighted by atomic mass is 32.2. The molecule has 0 aliphatic carbocycles. The van der Waals surface area contributed by atoms with Crippen molar-refractivity contribution in [2.45, 2.75) is 183 Å². The minimum atomic E-state index is -1.64. The SMILES string of the molecule is CSCC[C@H](NC(=O)[C@H](CC(C)C)NC(=O)CNC(=O)[C@@H](Cc1ccccc1)NC(=O)[C@@H](Cc1ccccc1)NC(=O)[C@@H](CCC(N)=O)NC(=O)[C@@H](CCC(N)=O)NC(=O)[C@H]1CCCN1C(=O)[C@H](CCCCN)NC(=O)[C@@H]1CCCN1C(=O)[C@H](N)CCCN=C(N)N)C(N)=O. The van der Waals surface area contributed by atoms with Crippen LogP contribution in [0.25, 0.3) is 0 Å². The van der Waals surface area contributed by atoms with Gasteiger partial charge in [-0.2, -0.15) is 11.8 Å². The van der Waals surface area contributed by atoms with E-state index >= 15 is 0 Å². The smallest absolute Gasteiger partial charge is 0.245 e. The number of benzene rings is 2. The molecule has 0 spiro atoms. The molecular weight excluding hydrogens is 1250 g/mol. The molecule has 0 bridgehead atoms. The van der Waals surface area contributed by atoms with Crippen molar-refractivity contribution in [3.63, 3.8) is 0 Å². The van der Waals surface area contributed by atoms with Gasteiger partial charge < -0.3 is 92.5 Å². The van der Waals surface area contributed by atoms with Crippen molar-refractivity contribution in [2.75, 3.05) is 44.7 Å². The van der Waals surface area contributed by atoms with Crippen LogP contribution in [0.15, 0.2) is 65.7 Å². The van der Waals surface area contributed by atoms with Crippen LogP contribution in [-0.2, 0) is 75.2 Å². The van der Waals surface area contributed by atoms with Crippen molar-refractivity contribution in [1.29, 1.82) is 0 Å². The zero-order chi connectivity index (χ0) is 70.1. The van der Waals surface area contributed by atoms with E-state index in [0.717, 1.165) is 0 Å². The van der Waals surface area contributed by atoms with Crippen molar-refractivity contribution < 1.29 is 62.3 Å². The lowest BCUT2D eigenvalue weighted by Crippen LogP contribution is -2.60. The van der Waals surface area contributed by atoms with E-state index in [1.807, 2.05) is 20.1 Å². The number of thioether (sulfide) groups is 1. The third kappa shape index (κ3) is 27.5. The van der Waals surface area contributed by atoms with Crippen molar-refractivity contribution in [3.05, 3.63) is 71.8 Å². The number of carbonyl (C=O) groups excluding carboxylic acids is 13. The Balaban J connectivity index is 1.56. The molecule has 13 amide bonds. The Morgan fingerprint density at radius 2 is 1.01 bits per heavy atom. The molecule has 95 heavy (non-hydrogen) atoms. The molecule has 31 nitrogen and oxygen atoms in total. The average molecular weight is 1350 g/mol. The fourth-order valence-corrected chi connectivity index (χ4v) is 11.5. The van der Waals surface area contributed by atoms with Gasteiger partial charge in [-0.1, -0.05) is 74.5 Å². The maximum atomic E-state index is 14.7. The number of nitrogens with zero attached hydrogens (tertiary/aromatic N) is 3. The fraction of sp³-hybridized carbons (Fsp3) is 0.587. The fourth-order valence-electron chi connectivity index (χ4n) is 11.0. The molecule has 2 aliphatic heterocycles. The lowest BCUT2D eigenvalue weighted by molar-refractivity contribution is -0.144. The van der Waals surface area contributed by atoms with E-state index in [-0.39, 0.29) is 83.0 Å². The molecule has 2 saturated heterocycles. The number of guanidine groups is 1. The normalized spacial score (nSPS) is 16.8. The summed E-state index contributed by atoms with van der Waals surface area (Å²) in [5.41, 5.74) is 40.6. The highest BCUT2D eigenvalue weighted by molar-refractivity contribution is 7.98. The monoisotopic (exact) mass is 1350 g/mol. The number of carbonyl (C=O) groups is 13. The molecule has 524 valence electrons. The minimum absolute atomic E-state index is 0.0736. The topological polar surface area (TPSA) is 519 Å². The van der Waals surface area contributed by atoms with Gasteiger partial charge in [-0.3, -0.25) is 67.3 Å². The molecule has 22 N–H and O–H groups in total. The Kier molecular flexibility index (Phi) is 33.9. The molecule has 0 aromatic heterocycles. The second-order valence-corrected chi connectivity index (χ2v) is 25.1. The van der Waals surface area contributed by atoms with Crippen LogP contribution < -0.4 is 82.7 Å². The predicted molar refractivity (Wildman–Crippen MR) is 356 cm³/mol. The lowest BCUT2D eigenvalue weighted by Gasteiger charge is -2.32. The van der Waals surface area contributed by atoms with E-state index in [2.05, 4.69) is 47.5 Å². The second-order valence-electron chi connectivity index (χ2n) is 24.1. The van der Waals surface area contributed by atoms with E-state index in [1.54, 1.807) is 60.7 Å². The third-order valence-corrected chi connectivity index (χ3v) is 16.7. The Morgan fingerprint density at radius 3 is 1.51 bits per heavy atom. The summed E-state index contributed by atoms with van der Waals surface area (Å²) in [5, 5.41) is 21.1. The summed E-state index contributed by atoms with van der Waals surface area (Å²) >= 11 is 1.45. The zero-order valence-corrected chi connectivity index (χ0v) is 55.3. The van der Waals surface area contributed by atoms with E-state index < -0.39 is 169 Å².